The van der Waals surface area contributed by atoms with Gasteiger partial charge in [0.2, 0.25) is 0 Å². The number of unbranched alkanes of at least 4 members (excludes halogenated alkanes) is 2. The van der Waals surface area contributed by atoms with Crippen LogP contribution in [0.25, 0.3) is 0 Å². The number of benzene rings is 1. The fourth-order valence-electron chi connectivity index (χ4n) is 1.83. The minimum atomic E-state index is -0.192. The summed E-state index contributed by atoms with van der Waals surface area (Å²) in [4.78, 5) is 11.1. The van der Waals surface area contributed by atoms with Gasteiger partial charge in [-0.2, -0.15) is 0 Å². The number of hydrogen-bond acceptors (Lipinski definition) is 3. The third kappa shape index (κ3) is 7.01. The zero-order chi connectivity index (χ0) is 14.8. The third-order valence-electron chi connectivity index (χ3n) is 2.86. The molecule has 0 unspecified atom stereocenters. The van der Waals surface area contributed by atoms with Gasteiger partial charge in [-0.15, -0.1) is 0 Å². The van der Waals surface area contributed by atoms with Gasteiger partial charge in [0.1, 0.15) is 5.82 Å². The van der Waals surface area contributed by atoms with Crippen molar-refractivity contribution in [2.24, 2.45) is 0 Å². The third-order valence-corrected chi connectivity index (χ3v) is 3.36. The van der Waals surface area contributed by atoms with Crippen LogP contribution in [0.4, 0.5) is 4.39 Å². The van der Waals surface area contributed by atoms with Gasteiger partial charge in [-0.3, -0.25) is 4.79 Å². The van der Waals surface area contributed by atoms with E-state index >= 15 is 0 Å². The number of carbonyl (C=O) groups is 1. The summed E-state index contributed by atoms with van der Waals surface area (Å²) in [5.74, 6) is -0.320. The minimum absolute atomic E-state index is 0.128. The molecule has 0 aromatic heterocycles. The molecule has 1 rings (SSSR count). The first kappa shape index (κ1) is 17.1. The molecule has 0 aliphatic heterocycles. The van der Waals surface area contributed by atoms with E-state index in [-0.39, 0.29) is 11.8 Å². The molecule has 0 radical (unpaired) electrons. The van der Waals surface area contributed by atoms with Crippen molar-refractivity contribution in [3.8, 4) is 0 Å². The van der Waals surface area contributed by atoms with Crippen LogP contribution < -0.4 is 5.32 Å². The number of nitrogens with one attached hydrogen (secondary N) is 1. The van der Waals surface area contributed by atoms with Gasteiger partial charge in [-0.1, -0.05) is 22.4 Å². The predicted molar refractivity (Wildman–Crippen MR) is 80.9 cm³/mol. The molecule has 0 saturated heterocycles. The topological polar surface area (TPSA) is 38.3 Å². The Balaban J connectivity index is 2.07. The second-order valence-electron chi connectivity index (χ2n) is 4.53. The lowest BCUT2D eigenvalue weighted by Gasteiger charge is -2.06. The Morgan fingerprint density at radius 2 is 2.15 bits per heavy atom. The standard InChI is InChI=1S/C15H21BrFNO2/c1-2-20-15(19)6-4-3-5-9-18-11-12-10-13(16)7-8-14(12)17/h7-8,10,18H,2-6,9,11H2,1H3. The zero-order valence-corrected chi connectivity index (χ0v) is 13.3. The summed E-state index contributed by atoms with van der Waals surface area (Å²) >= 11 is 3.33. The quantitative estimate of drug-likeness (QED) is 0.546. The van der Waals surface area contributed by atoms with Crippen molar-refractivity contribution in [1.82, 2.24) is 5.32 Å². The maximum absolute atomic E-state index is 13.4. The average molecular weight is 346 g/mol. The highest BCUT2D eigenvalue weighted by molar-refractivity contribution is 9.10. The van der Waals surface area contributed by atoms with Crippen LogP contribution in [0.1, 0.15) is 38.2 Å². The highest BCUT2D eigenvalue weighted by Gasteiger charge is 2.03. The number of esters is 1. The number of ether oxygens (including phenoxy) is 1. The molecule has 5 heteroatoms. The summed E-state index contributed by atoms with van der Waals surface area (Å²) in [7, 11) is 0. The Hall–Kier alpha value is -0.940. The van der Waals surface area contributed by atoms with Crippen molar-refractivity contribution in [3.63, 3.8) is 0 Å². The van der Waals surface area contributed by atoms with Gasteiger partial charge in [-0.05, 0) is 44.5 Å². The summed E-state index contributed by atoms with van der Waals surface area (Å²) in [6.07, 6.45) is 3.25. The molecular formula is C15H21BrFNO2. The van der Waals surface area contributed by atoms with Gasteiger partial charge < -0.3 is 10.1 Å². The normalized spacial score (nSPS) is 10.6. The SMILES string of the molecule is CCOC(=O)CCCCCNCc1cc(Br)ccc1F. The molecule has 0 bridgehead atoms. The molecule has 0 saturated carbocycles. The van der Waals surface area contributed by atoms with Crippen LogP contribution in [0, 0.1) is 5.82 Å². The maximum Gasteiger partial charge on any atom is 0.305 e. The molecule has 0 spiro atoms. The number of halogens is 2. The van der Waals surface area contributed by atoms with E-state index in [2.05, 4.69) is 21.2 Å². The summed E-state index contributed by atoms with van der Waals surface area (Å²) in [5.41, 5.74) is 0.658. The van der Waals surface area contributed by atoms with Crippen LogP contribution in [0.3, 0.4) is 0 Å². The van der Waals surface area contributed by atoms with Crippen LogP contribution in [-0.2, 0) is 16.1 Å². The van der Waals surface area contributed by atoms with Gasteiger partial charge >= 0.3 is 5.97 Å². The first-order valence-electron chi connectivity index (χ1n) is 6.93. The second kappa shape index (κ2) is 9.88. The predicted octanol–water partition coefficient (Wildman–Crippen LogP) is 3.80. The molecule has 0 aliphatic rings. The molecule has 1 aromatic rings. The largest absolute Gasteiger partial charge is 0.466 e. The van der Waals surface area contributed by atoms with E-state index in [1.165, 1.54) is 6.07 Å². The Morgan fingerprint density at radius 1 is 1.35 bits per heavy atom. The molecule has 0 aliphatic carbocycles. The van der Waals surface area contributed by atoms with Crippen molar-refractivity contribution < 1.29 is 13.9 Å². The first-order chi connectivity index (χ1) is 9.63. The van der Waals surface area contributed by atoms with E-state index in [1.54, 1.807) is 12.1 Å². The van der Waals surface area contributed by atoms with E-state index in [0.717, 1.165) is 30.3 Å². The Bertz CT molecular complexity index is 426. The Labute approximate surface area is 128 Å². The molecule has 0 amide bonds. The Kier molecular flexibility index (Phi) is 8.46. The highest BCUT2D eigenvalue weighted by atomic mass is 79.9. The molecule has 0 fully saturated rings. The van der Waals surface area contributed by atoms with Crippen LogP contribution in [0.5, 0.6) is 0 Å². The smallest absolute Gasteiger partial charge is 0.305 e. The number of rotatable bonds is 9. The van der Waals surface area contributed by atoms with E-state index in [0.29, 0.717) is 25.1 Å². The number of hydrogen-bond donors (Lipinski definition) is 1. The van der Waals surface area contributed by atoms with Gasteiger partial charge in [0.25, 0.3) is 0 Å². The zero-order valence-electron chi connectivity index (χ0n) is 11.8. The molecule has 1 N–H and O–H groups in total. The molecule has 0 atom stereocenters. The first-order valence-corrected chi connectivity index (χ1v) is 7.73. The van der Waals surface area contributed by atoms with Gasteiger partial charge in [0, 0.05) is 23.0 Å². The maximum atomic E-state index is 13.4. The second-order valence-corrected chi connectivity index (χ2v) is 5.44. The van der Waals surface area contributed by atoms with Crippen LogP contribution in [0.15, 0.2) is 22.7 Å². The van der Waals surface area contributed by atoms with Gasteiger partial charge in [0.15, 0.2) is 0 Å². The Morgan fingerprint density at radius 3 is 2.90 bits per heavy atom. The van der Waals surface area contributed by atoms with Crippen molar-refractivity contribution >= 4 is 21.9 Å². The lowest BCUT2D eigenvalue weighted by Crippen LogP contribution is -2.15. The molecular weight excluding hydrogens is 325 g/mol. The van der Waals surface area contributed by atoms with E-state index in [1.807, 2.05) is 6.92 Å². The summed E-state index contributed by atoms with van der Waals surface area (Å²) in [6.45, 7) is 3.58. The van der Waals surface area contributed by atoms with Crippen LogP contribution >= 0.6 is 15.9 Å². The van der Waals surface area contributed by atoms with Crippen molar-refractivity contribution in [2.45, 2.75) is 39.2 Å². The molecule has 20 heavy (non-hydrogen) atoms. The van der Waals surface area contributed by atoms with E-state index < -0.39 is 0 Å². The molecule has 1 aromatic carbocycles. The average Bonchev–Trinajstić information content (AvgIpc) is 2.41. The minimum Gasteiger partial charge on any atom is -0.466 e. The molecule has 112 valence electrons. The van der Waals surface area contributed by atoms with E-state index in [9.17, 15) is 9.18 Å². The fourth-order valence-corrected chi connectivity index (χ4v) is 2.24. The molecule has 0 heterocycles. The lowest BCUT2D eigenvalue weighted by molar-refractivity contribution is -0.143. The monoisotopic (exact) mass is 345 g/mol. The summed E-state index contributed by atoms with van der Waals surface area (Å²) < 4.78 is 19.2. The van der Waals surface area contributed by atoms with Crippen molar-refractivity contribution in [2.75, 3.05) is 13.2 Å². The van der Waals surface area contributed by atoms with Crippen LogP contribution in [0.2, 0.25) is 0 Å². The summed E-state index contributed by atoms with van der Waals surface area (Å²) in [6, 6.07) is 4.93. The van der Waals surface area contributed by atoms with Gasteiger partial charge in [-0.25, -0.2) is 4.39 Å². The van der Waals surface area contributed by atoms with Gasteiger partial charge in [0.05, 0.1) is 6.61 Å². The highest BCUT2D eigenvalue weighted by Crippen LogP contribution is 2.15. The lowest BCUT2D eigenvalue weighted by atomic mass is 10.2. The van der Waals surface area contributed by atoms with Crippen molar-refractivity contribution in [3.05, 3.63) is 34.1 Å². The van der Waals surface area contributed by atoms with E-state index in [4.69, 9.17) is 4.74 Å². The van der Waals surface area contributed by atoms with Crippen molar-refractivity contribution in [1.29, 1.82) is 0 Å². The molecule has 3 nitrogen and oxygen atoms in total. The fraction of sp³-hybridized carbons (Fsp3) is 0.533. The number of carbonyl (C=O) groups excluding carboxylic acids is 1. The summed E-state index contributed by atoms with van der Waals surface area (Å²) in [5, 5.41) is 3.21. The van der Waals surface area contributed by atoms with Crippen LogP contribution in [-0.4, -0.2) is 19.1 Å².